The average Bonchev–Trinajstić information content (AvgIpc) is 2.78. The number of benzene rings is 2. The van der Waals surface area contributed by atoms with Gasteiger partial charge in [-0.05, 0) is 66.5 Å². The maximum absolute atomic E-state index is 14.2. The molecule has 0 fully saturated rings. The van der Waals surface area contributed by atoms with Crippen LogP contribution in [-0.2, 0) is 29.3 Å². The van der Waals surface area contributed by atoms with Gasteiger partial charge in [-0.25, -0.2) is 4.21 Å². The van der Waals surface area contributed by atoms with E-state index in [4.69, 9.17) is 4.74 Å². The number of carbonyl (C=O) groups is 1. The Morgan fingerprint density at radius 1 is 0.889 bits per heavy atom. The average molecular weight is 534 g/mol. The van der Waals surface area contributed by atoms with E-state index in [2.05, 4.69) is 17.6 Å². The van der Waals surface area contributed by atoms with Crippen molar-refractivity contribution in [3.8, 4) is 0 Å². The van der Waals surface area contributed by atoms with Crippen LogP contribution in [0.25, 0.3) is 0 Å². The molecule has 0 saturated carbocycles. The van der Waals surface area contributed by atoms with Gasteiger partial charge in [-0.3, -0.25) is 4.79 Å². The van der Waals surface area contributed by atoms with E-state index >= 15 is 0 Å². The standard InChI is InChI=1S/C28H39NO5S2/c1-9-13-22(8)34-27(30)18-35(31,24-14-11-10-12-15-24)29-36(32,33)28-25(20(4)5)16-23(19(2)3)17-26(28)21(6)7/h9-17,19-22H,18H2,1-8H3/b13-9+/t22?,35-/m0/s1. The summed E-state index contributed by atoms with van der Waals surface area (Å²) in [5.74, 6) is -1.47. The molecule has 0 N–H and O–H groups in total. The van der Waals surface area contributed by atoms with Crippen molar-refractivity contribution in [1.82, 2.24) is 0 Å². The molecule has 1 unspecified atom stereocenters. The van der Waals surface area contributed by atoms with Crippen LogP contribution in [0.1, 0.15) is 89.8 Å². The predicted octanol–water partition coefficient (Wildman–Crippen LogP) is 6.78. The van der Waals surface area contributed by atoms with Crippen molar-refractivity contribution in [3.05, 3.63) is 71.3 Å². The molecular formula is C28H39NO5S2. The molecule has 0 aliphatic carbocycles. The van der Waals surface area contributed by atoms with Gasteiger partial charge in [0.1, 0.15) is 21.6 Å². The molecule has 6 nitrogen and oxygen atoms in total. The molecule has 0 heterocycles. The number of rotatable bonds is 10. The molecule has 0 aliphatic rings. The molecule has 36 heavy (non-hydrogen) atoms. The second-order valence-corrected chi connectivity index (χ2v) is 13.9. The summed E-state index contributed by atoms with van der Waals surface area (Å²) >= 11 is 0. The number of carbonyl (C=O) groups excluding carboxylic acids is 1. The molecule has 2 aromatic carbocycles. The van der Waals surface area contributed by atoms with Crippen molar-refractivity contribution in [1.29, 1.82) is 0 Å². The van der Waals surface area contributed by atoms with Crippen LogP contribution in [0.4, 0.5) is 0 Å². The molecule has 0 aromatic heterocycles. The molecule has 2 atom stereocenters. The van der Waals surface area contributed by atoms with Crippen molar-refractivity contribution in [2.75, 3.05) is 5.75 Å². The zero-order valence-corrected chi connectivity index (χ0v) is 24.2. The molecule has 198 valence electrons. The van der Waals surface area contributed by atoms with E-state index in [0.29, 0.717) is 11.1 Å². The Labute approximate surface area is 217 Å². The first-order valence-electron chi connectivity index (χ1n) is 12.3. The number of allylic oxidation sites excluding steroid dienone is 1. The summed E-state index contributed by atoms with van der Waals surface area (Å²) < 4.78 is 51.4. The van der Waals surface area contributed by atoms with E-state index in [-0.39, 0.29) is 27.5 Å². The minimum Gasteiger partial charge on any atom is -0.458 e. The maximum atomic E-state index is 14.2. The number of nitrogens with zero attached hydrogens (tertiary/aromatic N) is 1. The summed E-state index contributed by atoms with van der Waals surface area (Å²) in [7, 11) is -8.12. The number of ether oxygens (including phenoxy) is 1. The SMILES string of the molecule is C/C=C/C(C)OC(=O)C[S@@](=O)(=NS(=O)(=O)c1c(C(C)C)cc(C(C)C)cc1C(C)C)c1ccccc1. The van der Waals surface area contributed by atoms with Crippen molar-refractivity contribution in [2.24, 2.45) is 3.77 Å². The Balaban J connectivity index is 2.82. The first-order chi connectivity index (χ1) is 16.7. The van der Waals surface area contributed by atoms with Crippen LogP contribution in [0, 0.1) is 0 Å². The first kappa shape index (κ1) is 29.8. The molecule has 0 saturated heterocycles. The largest absolute Gasteiger partial charge is 0.458 e. The smallest absolute Gasteiger partial charge is 0.320 e. The summed E-state index contributed by atoms with van der Waals surface area (Å²) in [6.07, 6.45) is 2.88. The molecule has 0 aliphatic heterocycles. The highest BCUT2D eigenvalue weighted by Crippen LogP contribution is 2.37. The van der Waals surface area contributed by atoms with Crippen molar-refractivity contribution >= 4 is 25.7 Å². The lowest BCUT2D eigenvalue weighted by Gasteiger charge is -2.22. The minimum absolute atomic E-state index is 0.0798. The van der Waals surface area contributed by atoms with Gasteiger partial charge < -0.3 is 4.74 Å². The predicted molar refractivity (Wildman–Crippen MR) is 146 cm³/mol. The molecule has 0 amide bonds. The summed E-state index contributed by atoms with van der Waals surface area (Å²) in [6, 6.07) is 11.9. The van der Waals surface area contributed by atoms with Gasteiger partial charge in [0.05, 0.1) is 4.90 Å². The van der Waals surface area contributed by atoms with E-state index in [9.17, 15) is 17.4 Å². The molecule has 0 radical (unpaired) electrons. The van der Waals surface area contributed by atoms with E-state index < -0.39 is 37.6 Å². The Hall–Kier alpha value is -2.45. The lowest BCUT2D eigenvalue weighted by atomic mass is 9.89. The fourth-order valence-electron chi connectivity index (χ4n) is 3.88. The Morgan fingerprint density at radius 3 is 1.86 bits per heavy atom. The lowest BCUT2D eigenvalue weighted by molar-refractivity contribution is -0.142. The highest BCUT2D eigenvalue weighted by molar-refractivity contribution is 8.03. The number of hydrogen-bond donors (Lipinski definition) is 0. The Morgan fingerprint density at radius 2 is 1.42 bits per heavy atom. The normalized spacial score (nSPS) is 14.9. The summed E-state index contributed by atoms with van der Waals surface area (Å²) in [4.78, 5) is 13.0. The van der Waals surface area contributed by atoms with Crippen LogP contribution in [0.15, 0.2) is 68.2 Å². The van der Waals surface area contributed by atoms with E-state index in [1.165, 1.54) is 12.1 Å². The highest BCUT2D eigenvalue weighted by Gasteiger charge is 2.30. The Kier molecular flexibility index (Phi) is 10.1. The van der Waals surface area contributed by atoms with Gasteiger partial charge in [0.25, 0.3) is 10.0 Å². The fraction of sp³-hybridized carbons (Fsp3) is 0.464. The van der Waals surface area contributed by atoms with Crippen LogP contribution >= 0.6 is 0 Å². The van der Waals surface area contributed by atoms with Crippen molar-refractivity contribution in [2.45, 2.75) is 89.0 Å². The highest BCUT2D eigenvalue weighted by atomic mass is 32.3. The number of hydrogen-bond acceptors (Lipinski definition) is 5. The van der Waals surface area contributed by atoms with Gasteiger partial charge in [-0.2, -0.15) is 8.42 Å². The molecule has 0 bridgehead atoms. The van der Waals surface area contributed by atoms with Gasteiger partial charge in [-0.1, -0.05) is 78.0 Å². The second-order valence-electron chi connectivity index (χ2n) is 9.86. The van der Waals surface area contributed by atoms with Crippen LogP contribution in [0.2, 0.25) is 0 Å². The monoisotopic (exact) mass is 533 g/mol. The van der Waals surface area contributed by atoms with Crippen molar-refractivity contribution in [3.63, 3.8) is 0 Å². The zero-order valence-electron chi connectivity index (χ0n) is 22.5. The lowest BCUT2D eigenvalue weighted by Crippen LogP contribution is -2.23. The second kappa shape index (κ2) is 12.2. The van der Waals surface area contributed by atoms with Gasteiger partial charge in [0.15, 0.2) is 0 Å². The minimum atomic E-state index is -4.42. The number of sulfonamides is 1. The maximum Gasteiger partial charge on any atom is 0.320 e. The topological polar surface area (TPSA) is 89.9 Å². The third-order valence-corrected chi connectivity index (χ3v) is 10.1. The van der Waals surface area contributed by atoms with Crippen LogP contribution in [-0.4, -0.2) is 30.5 Å². The van der Waals surface area contributed by atoms with Gasteiger partial charge in [-0.15, -0.1) is 3.77 Å². The summed E-state index contributed by atoms with van der Waals surface area (Å²) in [6.45, 7) is 15.3. The third-order valence-electron chi connectivity index (χ3n) is 5.76. The van der Waals surface area contributed by atoms with Gasteiger partial charge in [0, 0.05) is 4.90 Å². The van der Waals surface area contributed by atoms with Gasteiger partial charge in [0.2, 0.25) is 0 Å². The molecule has 2 aromatic rings. The quantitative estimate of drug-likeness (QED) is 0.248. The van der Waals surface area contributed by atoms with E-state index in [1.807, 2.05) is 39.8 Å². The summed E-state index contributed by atoms with van der Waals surface area (Å²) in [5.41, 5.74) is 2.30. The van der Waals surface area contributed by atoms with Crippen LogP contribution in [0.3, 0.4) is 0 Å². The van der Waals surface area contributed by atoms with Crippen molar-refractivity contribution < 1.29 is 22.2 Å². The molecular weight excluding hydrogens is 494 g/mol. The summed E-state index contributed by atoms with van der Waals surface area (Å²) in [5, 5.41) is 0. The fourth-order valence-corrected chi connectivity index (χ4v) is 8.32. The molecule has 8 heteroatoms. The molecule has 2 rings (SSSR count). The van der Waals surface area contributed by atoms with E-state index in [0.717, 1.165) is 5.56 Å². The number of esters is 1. The first-order valence-corrected chi connectivity index (χ1v) is 15.4. The van der Waals surface area contributed by atoms with Crippen LogP contribution in [0.5, 0.6) is 0 Å². The Bertz CT molecular complexity index is 1290. The third kappa shape index (κ3) is 7.29. The van der Waals surface area contributed by atoms with E-state index in [1.54, 1.807) is 44.2 Å². The molecule has 0 spiro atoms. The van der Waals surface area contributed by atoms with Gasteiger partial charge >= 0.3 is 5.97 Å². The van der Waals surface area contributed by atoms with Crippen LogP contribution < -0.4 is 0 Å². The zero-order chi connectivity index (χ0) is 27.3.